The summed E-state index contributed by atoms with van der Waals surface area (Å²) >= 11 is 6.09. The number of carbonyl (C=O) groups excluding carboxylic acids is 1. The molecule has 2 aromatic carbocycles. The molecule has 2 fully saturated rings. The van der Waals surface area contributed by atoms with Crippen molar-refractivity contribution in [3.05, 3.63) is 53.1 Å². The van der Waals surface area contributed by atoms with Crippen LogP contribution in [-0.2, 0) is 14.8 Å². The van der Waals surface area contributed by atoms with Crippen LogP contribution < -0.4 is 14.4 Å². The summed E-state index contributed by atoms with van der Waals surface area (Å²) in [4.78, 5) is 16.9. The lowest BCUT2D eigenvalue weighted by molar-refractivity contribution is -0.133. The van der Waals surface area contributed by atoms with Crippen LogP contribution in [0.3, 0.4) is 0 Å². The van der Waals surface area contributed by atoms with Crippen molar-refractivity contribution in [1.29, 1.82) is 0 Å². The number of piperazine rings is 1. The minimum absolute atomic E-state index is 0.00643. The first-order valence-electron chi connectivity index (χ1n) is 11.9. The number of amides is 1. The molecule has 7 nitrogen and oxygen atoms in total. The quantitative estimate of drug-likeness (QED) is 0.615. The van der Waals surface area contributed by atoms with Crippen molar-refractivity contribution in [2.45, 2.75) is 50.0 Å². The number of ether oxygens (including phenoxy) is 1. The third kappa shape index (κ3) is 6.23. The lowest BCUT2D eigenvalue weighted by Gasteiger charge is -2.36. The zero-order chi connectivity index (χ0) is 24.1. The number of hydrogen-bond acceptors (Lipinski definition) is 5. The topological polar surface area (TPSA) is 78.9 Å². The van der Waals surface area contributed by atoms with E-state index in [0.29, 0.717) is 29.4 Å². The van der Waals surface area contributed by atoms with E-state index in [0.717, 1.165) is 44.5 Å². The first kappa shape index (κ1) is 24.8. The van der Waals surface area contributed by atoms with Crippen molar-refractivity contribution >= 4 is 33.2 Å². The molecule has 0 aromatic heterocycles. The first-order valence-corrected chi connectivity index (χ1v) is 13.7. The molecule has 2 aromatic rings. The number of aryl methyl sites for hydroxylation is 1. The second kappa shape index (κ2) is 11.0. The Morgan fingerprint density at radius 3 is 2.47 bits per heavy atom. The molecule has 1 saturated carbocycles. The maximum Gasteiger partial charge on any atom is 0.260 e. The molecular weight excluding hydrogens is 474 g/mol. The van der Waals surface area contributed by atoms with Crippen molar-refractivity contribution in [3.63, 3.8) is 0 Å². The van der Waals surface area contributed by atoms with Crippen LogP contribution >= 0.6 is 11.6 Å². The number of nitrogens with zero attached hydrogens (tertiary/aromatic N) is 2. The SMILES string of the molecule is Cc1cc(S(=O)(=O)NC2CCCCC2)ccc1OCC(=O)N1CCN(c2cccc(Cl)c2)CC1. The molecule has 0 atom stereocenters. The number of halogens is 1. The first-order chi connectivity index (χ1) is 16.3. The zero-order valence-corrected chi connectivity index (χ0v) is 21.1. The van der Waals surface area contributed by atoms with Crippen LogP contribution in [-0.4, -0.2) is 58.1 Å². The van der Waals surface area contributed by atoms with Gasteiger partial charge in [0.2, 0.25) is 10.0 Å². The summed E-state index contributed by atoms with van der Waals surface area (Å²) in [7, 11) is -3.57. The normalized spacial score (nSPS) is 17.6. The van der Waals surface area contributed by atoms with Gasteiger partial charge >= 0.3 is 0 Å². The summed E-state index contributed by atoms with van der Waals surface area (Å²) in [6.45, 7) is 4.39. The molecule has 4 rings (SSSR count). The second-order valence-corrected chi connectivity index (χ2v) is 11.2. The molecule has 9 heteroatoms. The van der Waals surface area contributed by atoms with Crippen LogP contribution in [0.2, 0.25) is 5.02 Å². The average molecular weight is 506 g/mol. The van der Waals surface area contributed by atoms with Crippen LogP contribution in [0.1, 0.15) is 37.7 Å². The van der Waals surface area contributed by atoms with Crippen molar-refractivity contribution in [1.82, 2.24) is 9.62 Å². The summed E-state index contributed by atoms with van der Waals surface area (Å²) < 4.78 is 34.1. The Balaban J connectivity index is 1.29. The molecule has 1 amide bonds. The van der Waals surface area contributed by atoms with Crippen LogP contribution in [0.15, 0.2) is 47.4 Å². The summed E-state index contributed by atoms with van der Waals surface area (Å²) in [5, 5.41) is 0.698. The summed E-state index contributed by atoms with van der Waals surface area (Å²) in [5.41, 5.74) is 1.74. The van der Waals surface area contributed by atoms with Gasteiger partial charge in [0.1, 0.15) is 5.75 Å². The number of rotatable bonds is 7. The fourth-order valence-electron chi connectivity index (χ4n) is 4.58. The maximum atomic E-state index is 12.8. The molecule has 2 aliphatic rings. The highest BCUT2D eigenvalue weighted by Crippen LogP contribution is 2.25. The van der Waals surface area contributed by atoms with Crippen LogP contribution in [0.4, 0.5) is 5.69 Å². The largest absolute Gasteiger partial charge is 0.483 e. The van der Waals surface area contributed by atoms with Gasteiger partial charge in [-0.1, -0.05) is 36.9 Å². The molecule has 1 aliphatic carbocycles. The highest BCUT2D eigenvalue weighted by atomic mass is 35.5. The van der Waals surface area contributed by atoms with Gasteiger partial charge in [0.25, 0.3) is 5.91 Å². The number of hydrogen-bond donors (Lipinski definition) is 1. The Kier molecular flexibility index (Phi) is 8.01. The third-order valence-electron chi connectivity index (χ3n) is 6.54. The summed E-state index contributed by atoms with van der Waals surface area (Å²) in [6, 6.07) is 12.5. The van der Waals surface area contributed by atoms with Gasteiger partial charge in [-0.2, -0.15) is 0 Å². The molecule has 1 heterocycles. The van der Waals surface area contributed by atoms with Gasteiger partial charge in [0.15, 0.2) is 6.61 Å². The Labute approximate surface area is 207 Å². The molecule has 0 radical (unpaired) electrons. The highest BCUT2D eigenvalue weighted by molar-refractivity contribution is 7.89. The van der Waals surface area contributed by atoms with Crippen LogP contribution in [0, 0.1) is 6.92 Å². The molecule has 1 aliphatic heterocycles. The fourth-order valence-corrected chi connectivity index (χ4v) is 6.15. The van der Waals surface area contributed by atoms with Crippen molar-refractivity contribution in [2.24, 2.45) is 0 Å². The van der Waals surface area contributed by atoms with Crippen molar-refractivity contribution in [2.75, 3.05) is 37.7 Å². The second-order valence-electron chi connectivity index (χ2n) is 9.02. The van der Waals surface area contributed by atoms with E-state index in [1.54, 1.807) is 30.0 Å². The van der Waals surface area contributed by atoms with E-state index in [1.165, 1.54) is 6.42 Å². The van der Waals surface area contributed by atoms with Crippen molar-refractivity contribution < 1.29 is 17.9 Å². The Hall–Kier alpha value is -2.29. The van der Waals surface area contributed by atoms with Gasteiger partial charge in [-0.25, -0.2) is 13.1 Å². The third-order valence-corrected chi connectivity index (χ3v) is 8.29. The average Bonchev–Trinajstić information content (AvgIpc) is 2.83. The summed E-state index contributed by atoms with van der Waals surface area (Å²) in [6.07, 6.45) is 5.05. The van der Waals surface area contributed by atoms with Gasteiger partial charge in [-0.3, -0.25) is 4.79 Å². The van der Waals surface area contributed by atoms with Gasteiger partial charge in [-0.15, -0.1) is 0 Å². The molecule has 184 valence electrons. The Morgan fingerprint density at radius 1 is 1.06 bits per heavy atom. The van der Waals surface area contributed by atoms with Crippen LogP contribution in [0.5, 0.6) is 5.75 Å². The lowest BCUT2D eigenvalue weighted by atomic mass is 9.96. The molecule has 34 heavy (non-hydrogen) atoms. The predicted molar refractivity (Wildman–Crippen MR) is 134 cm³/mol. The van der Waals surface area contributed by atoms with E-state index >= 15 is 0 Å². The molecule has 0 unspecified atom stereocenters. The molecule has 1 N–H and O–H groups in total. The van der Waals surface area contributed by atoms with E-state index in [-0.39, 0.29) is 23.5 Å². The molecule has 1 saturated heterocycles. The van der Waals surface area contributed by atoms with Gasteiger partial charge in [-0.05, 0) is 61.7 Å². The Morgan fingerprint density at radius 2 is 1.79 bits per heavy atom. The zero-order valence-electron chi connectivity index (χ0n) is 19.5. The minimum Gasteiger partial charge on any atom is -0.483 e. The van der Waals surface area contributed by atoms with Gasteiger partial charge in [0, 0.05) is 42.9 Å². The number of benzene rings is 2. The highest BCUT2D eigenvalue weighted by Gasteiger charge is 2.24. The smallest absolute Gasteiger partial charge is 0.260 e. The maximum absolute atomic E-state index is 12.8. The number of anilines is 1. The Bertz CT molecular complexity index is 1110. The molecule has 0 bridgehead atoms. The van der Waals surface area contributed by atoms with Crippen molar-refractivity contribution in [3.8, 4) is 5.75 Å². The molecular formula is C25H32ClN3O4S. The fraction of sp³-hybridized carbons (Fsp3) is 0.480. The number of sulfonamides is 1. The summed E-state index contributed by atoms with van der Waals surface area (Å²) in [5.74, 6) is 0.434. The number of nitrogens with one attached hydrogen (secondary N) is 1. The predicted octanol–water partition coefficient (Wildman–Crippen LogP) is 3.99. The van der Waals surface area contributed by atoms with E-state index in [2.05, 4.69) is 9.62 Å². The monoisotopic (exact) mass is 505 g/mol. The van der Waals surface area contributed by atoms with E-state index in [9.17, 15) is 13.2 Å². The molecule has 0 spiro atoms. The van der Waals surface area contributed by atoms with Gasteiger partial charge < -0.3 is 14.5 Å². The van der Waals surface area contributed by atoms with Gasteiger partial charge in [0.05, 0.1) is 4.90 Å². The standard InChI is InChI=1S/C25H32ClN3O4S/c1-19-16-23(34(31,32)27-21-7-3-2-4-8-21)10-11-24(19)33-18-25(30)29-14-12-28(13-15-29)22-9-5-6-20(26)17-22/h5-6,9-11,16-17,21,27H,2-4,7-8,12-15,18H2,1H3. The van der Waals surface area contributed by atoms with E-state index in [1.807, 2.05) is 24.3 Å². The van der Waals surface area contributed by atoms with Crippen LogP contribution in [0.25, 0.3) is 0 Å². The van der Waals surface area contributed by atoms with E-state index < -0.39 is 10.0 Å². The lowest BCUT2D eigenvalue weighted by Crippen LogP contribution is -2.50. The van der Waals surface area contributed by atoms with E-state index in [4.69, 9.17) is 16.3 Å². The number of carbonyl (C=O) groups is 1. The minimum atomic E-state index is -3.57.